The van der Waals surface area contributed by atoms with Crippen LogP contribution in [0.15, 0.2) is 57.9 Å². The maximum absolute atomic E-state index is 11.8. The number of ether oxygens (including phenoxy) is 1. The second-order valence-electron chi connectivity index (χ2n) is 4.25. The van der Waals surface area contributed by atoms with Crippen molar-refractivity contribution in [2.75, 3.05) is 6.61 Å². The smallest absolute Gasteiger partial charge is 0.336 e. The molecule has 100 valence electrons. The maximum atomic E-state index is 11.8. The first kappa shape index (κ1) is 12.2. The Labute approximate surface area is 113 Å². The molecule has 2 heterocycles. The number of hydrogen-bond acceptors (Lipinski definition) is 4. The Morgan fingerprint density at radius 2 is 2.05 bits per heavy atom. The van der Waals surface area contributed by atoms with E-state index in [9.17, 15) is 9.59 Å². The van der Waals surface area contributed by atoms with Crippen LogP contribution in [-0.4, -0.2) is 17.4 Å². The molecule has 1 aromatic carbocycles. The number of rotatable bonds is 4. The summed E-state index contributed by atoms with van der Waals surface area (Å²) in [5.74, 6) is 0.330. The molecule has 0 fully saturated rings. The van der Waals surface area contributed by atoms with Gasteiger partial charge < -0.3 is 14.1 Å². The minimum atomic E-state index is -0.419. The molecule has 0 aliphatic heterocycles. The average Bonchev–Trinajstić information content (AvgIpc) is 2.98. The number of carbonyl (C=O) groups is 1. The van der Waals surface area contributed by atoms with Gasteiger partial charge in [-0.05, 0) is 30.3 Å². The molecule has 0 saturated heterocycles. The third-order valence-corrected chi connectivity index (χ3v) is 2.86. The SMILES string of the molecule is O=C(COc1ccc2ccc(=O)oc2c1)c1ccc[nH]1. The van der Waals surface area contributed by atoms with Crippen LogP contribution in [0.25, 0.3) is 11.0 Å². The molecule has 1 N–H and O–H groups in total. The molecule has 0 saturated carbocycles. The van der Waals surface area contributed by atoms with Crippen LogP contribution in [0.5, 0.6) is 5.75 Å². The topological polar surface area (TPSA) is 72.3 Å². The third-order valence-electron chi connectivity index (χ3n) is 2.86. The molecule has 0 aliphatic rings. The van der Waals surface area contributed by atoms with Crippen LogP contribution >= 0.6 is 0 Å². The normalized spacial score (nSPS) is 10.6. The first-order valence-corrected chi connectivity index (χ1v) is 6.06. The van der Waals surface area contributed by atoms with Crippen molar-refractivity contribution in [1.82, 2.24) is 4.98 Å². The molecule has 3 aromatic rings. The zero-order valence-electron chi connectivity index (χ0n) is 10.5. The van der Waals surface area contributed by atoms with E-state index in [0.29, 0.717) is 17.0 Å². The van der Waals surface area contributed by atoms with Crippen molar-refractivity contribution in [2.24, 2.45) is 0 Å². The average molecular weight is 269 g/mol. The van der Waals surface area contributed by atoms with E-state index in [1.165, 1.54) is 6.07 Å². The van der Waals surface area contributed by atoms with Crippen molar-refractivity contribution < 1.29 is 13.9 Å². The number of aromatic amines is 1. The fraction of sp³-hybridized carbons (Fsp3) is 0.0667. The predicted molar refractivity (Wildman–Crippen MR) is 73.1 cm³/mol. The zero-order valence-corrected chi connectivity index (χ0v) is 10.5. The molecule has 2 aromatic heterocycles. The lowest BCUT2D eigenvalue weighted by Crippen LogP contribution is -2.11. The number of aromatic nitrogens is 1. The highest BCUT2D eigenvalue weighted by atomic mass is 16.5. The number of Topliss-reactive ketones (excluding diaryl/α,β-unsaturated/α-hetero) is 1. The van der Waals surface area contributed by atoms with E-state index in [2.05, 4.69) is 4.98 Å². The second kappa shape index (κ2) is 5.05. The fourth-order valence-electron chi connectivity index (χ4n) is 1.86. The van der Waals surface area contributed by atoms with Gasteiger partial charge in [0, 0.05) is 23.7 Å². The number of H-pyrrole nitrogens is 1. The summed E-state index contributed by atoms with van der Waals surface area (Å²) in [7, 11) is 0. The Morgan fingerprint density at radius 1 is 1.20 bits per heavy atom. The van der Waals surface area contributed by atoms with E-state index < -0.39 is 5.63 Å². The summed E-state index contributed by atoms with van der Waals surface area (Å²) in [4.78, 5) is 25.7. The minimum Gasteiger partial charge on any atom is -0.485 e. The number of ketones is 1. The second-order valence-corrected chi connectivity index (χ2v) is 4.25. The van der Waals surface area contributed by atoms with Gasteiger partial charge in [-0.1, -0.05) is 0 Å². The standard InChI is InChI=1S/C15H11NO4/c17-13(12-2-1-7-16-12)9-19-11-5-3-10-4-6-15(18)20-14(10)8-11/h1-8,16H,9H2. The summed E-state index contributed by atoms with van der Waals surface area (Å²) < 4.78 is 10.5. The van der Waals surface area contributed by atoms with Gasteiger partial charge in [-0.15, -0.1) is 0 Å². The largest absolute Gasteiger partial charge is 0.485 e. The first-order valence-electron chi connectivity index (χ1n) is 6.06. The van der Waals surface area contributed by atoms with Crippen molar-refractivity contribution in [1.29, 1.82) is 0 Å². The van der Waals surface area contributed by atoms with Gasteiger partial charge in [-0.3, -0.25) is 4.79 Å². The van der Waals surface area contributed by atoms with Crippen LogP contribution in [0, 0.1) is 0 Å². The number of benzene rings is 1. The van der Waals surface area contributed by atoms with Crippen molar-refractivity contribution >= 4 is 16.8 Å². The minimum absolute atomic E-state index is 0.0803. The lowest BCUT2D eigenvalue weighted by Gasteiger charge is -2.05. The van der Waals surface area contributed by atoms with E-state index in [1.807, 2.05) is 0 Å². The molecule has 0 atom stereocenters. The third kappa shape index (κ3) is 2.47. The van der Waals surface area contributed by atoms with E-state index in [-0.39, 0.29) is 12.4 Å². The Morgan fingerprint density at radius 3 is 2.85 bits per heavy atom. The van der Waals surface area contributed by atoms with Crippen molar-refractivity contribution in [2.45, 2.75) is 0 Å². The van der Waals surface area contributed by atoms with Crippen LogP contribution in [0.3, 0.4) is 0 Å². The van der Waals surface area contributed by atoms with Crippen LogP contribution in [0.4, 0.5) is 0 Å². The van der Waals surface area contributed by atoms with Gasteiger partial charge in [0.15, 0.2) is 6.61 Å². The van der Waals surface area contributed by atoms with Crippen molar-refractivity contribution in [3.05, 3.63) is 64.8 Å². The molecule has 0 aliphatic carbocycles. The van der Waals surface area contributed by atoms with Gasteiger partial charge >= 0.3 is 5.63 Å². The number of hydrogen-bond donors (Lipinski definition) is 1. The van der Waals surface area contributed by atoms with Crippen LogP contribution in [0.2, 0.25) is 0 Å². The zero-order chi connectivity index (χ0) is 13.9. The number of nitrogens with one attached hydrogen (secondary N) is 1. The summed E-state index contributed by atoms with van der Waals surface area (Å²) in [5, 5.41) is 0.799. The highest BCUT2D eigenvalue weighted by Gasteiger charge is 2.08. The molecule has 0 amide bonds. The summed E-state index contributed by atoms with van der Waals surface area (Å²) in [6.07, 6.45) is 1.68. The molecule has 0 radical (unpaired) electrons. The van der Waals surface area contributed by atoms with E-state index in [1.54, 1.807) is 42.6 Å². The summed E-state index contributed by atoms with van der Waals surface area (Å²) in [6.45, 7) is -0.0803. The quantitative estimate of drug-likeness (QED) is 0.583. The summed E-state index contributed by atoms with van der Waals surface area (Å²) in [5.41, 5.74) is 0.511. The summed E-state index contributed by atoms with van der Waals surface area (Å²) in [6, 6.07) is 11.6. The lowest BCUT2D eigenvalue weighted by atomic mass is 10.2. The number of fused-ring (bicyclic) bond motifs is 1. The van der Waals surface area contributed by atoms with Gasteiger partial charge in [0.05, 0.1) is 5.69 Å². The monoisotopic (exact) mass is 269 g/mol. The van der Waals surface area contributed by atoms with Gasteiger partial charge in [-0.2, -0.15) is 0 Å². The van der Waals surface area contributed by atoms with E-state index >= 15 is 0 Å². The molecule has 0 bridgehead atoms. The summed E-state index contributed by atoms with van der Waals surface area (Å²) >= 11 is 0. The van der Waals surface area contributed by atoms with Crippen molar-refractivity contribution in [3.63, 3.8) is 0 Å². The number of carbonyl (C=O) groups excluding carboxylic acids is 1. The van der Waals surface area contributed by atoms with Crippen LogP contribution < -0.4 is 10.4 Å². The van der Waals surface area contributed by atoms with Crippen molar-refractivity contribution in [3.8, 4) is 5.75 Å². The Hall–Kier alpha value is -2.82. The van der Waals surface area contributed by atoms with E-state index in [0.717, 1.165) is 5.39 Å². The van der Waals surface area contributed by atoms with Crippen LogP contribution in [-0.2, 0) is 0 Å². The van der Waals surface area contributed by atoms with Gasteiger partial charge in [-0.25, -0.2) is 4.79 Å². The van der Waals surface area contributed by atoms with Crippen LogP contribution in [0.1, 0.15) is 10.5 Å². The molecule has 5 nitrogen and oxygen atoms in total. The Balaban J connectivity index is 1.77. The highest BCUT2D eigenvalue weighted by molar-refractivity contribution is 5.95. The molecule has 3 rings (SSSR count). The lowest BCUT2D eigenvalue weighted by molar-refractivity contribution is 0.0917. The highest BCUT2D eigenvalue weighted by Crippen LogP contribution is 2.19. The fourth-order valence-corrected chi connectivity index (χ4v) is 1.86. The van der Waals surface area contributed by atoms with E-state index in [4.69, 9.17) is 9.15 Å². The Bertz CT molecular complexity index is 802. The maximum Gasteiger partial charge on any atom is 0.336 e. The first-order chi connectivity index (χ1) is 9.72. The Kier molecular flexibility index (Phi) is 3.09. The molecule has 20 heavy (non-hydrogen) atoms. The predicted octanol–water partition coefficient (Wildman–Crippen LogP) is 2.38. The van der Waals surface area contributed by atoms with Gasteiger partial charge in [0.2, 0.25) is 5.78 Å². The molecule has 5 heteroatoms. The molecule has 0 spiro atoms. The molecule has 0 unspecified atom stereocenters. The van der Waals surface area contributed by atoms with Gasteiger partial charge in [0.25, 0.3) is 0 Å². The van der Waals surface area contributed by atoms with Gasteiger partial charge in [0.1, 0.15) is 11.3 Å². The molecular weight excluding hydrogens is 258 g/mol. The molecular formula is C15H11NO4.